The van der Waals surface area contributed by atoms with Gasteiger partial charge in [-0.15, -0.1) is 15.5 Å². The number of thiol groups is 1. The smallest absolute Gasteiger partial charge is 0.123 e. The quantitative estimate of drug-likeness (QED) is 0.502. The van der Waals surface area contributed by atoms with Crippen molar-refractivity contribution in [3.8, 4) is 0 Å². The Kier molecular flexibility index (Phi) is 1.63. The molecule has 1 aromatic carbocycles. The average Bonchev–Trinajstić information content (AvgIpc) is 1.86. The van der Waals surface area contributed by atoms with Crippen LogP contribution in [0, 0.1) is 0 Å². The van der Waals surface area contributed by atoms with Crippen molar-refractivity contribution in [2.45, 2.75) is 4.90 Å². The summed E-state index contributed by atoms with van der Waals surface area (Å²) < 4.78 is 47.8. The number of rotatable bonds is 1. The predicted molar refractivity (Wildman–Crippen MR) is 38.1 cm³/mol. The van der Waals surface area contributed by atoms with Gasteiger partial charge in [-0.3, -0.25) is 0 Å². The van der Waals surface area contributed by atoms with Crippen LogP contribution in [0.3, 0.4) is 0 Å². The second-order valence-electron chi connectivity index (χ2n) is 2.06. The lowest BCUT2D eigenvalue weighted by Gasteiger charge is -2.28. The highest BCUT2D eigenvalue weighted by Crippen LogP contribution is 2.81. The lowest BCUT2D eigenvalue weighted by molar-refractivity contribution is 0.495. The Balaban J connectivity index is 3.14. The van der Waals surface area contributed by atoms with Crippen LogP contribution >= 0.6 is 10.7 Å². The fourth-order valence-corrected chi connectivity index (χ4v) is 1.28. The number of benzene rings is 1. The molecular weight excluding hydrogens is 180 g/mol. The molecule has 1 aromatic rings. The maximum atomic E-state index is 11.9. The first-order valence-electron chi connectivity index (χ1n) is 2.81. The van der Waals surface area contributed by atoms with Gasteiger partial charge in [-0.2, -0.15) is 0 Å². The Hall–Kier alpha value is -0.710. The minimum Gasteiger partial charge on any atom is -0.123 e. The van der Waals surface area contributed by atoms with Crippen molar-refractivity contribution in [1.82, 2.24) is 0 Å². The van der Waals surface area contributed by atoms with Crippen molar-refractivity contribution in [1.29, 1.82) is 0 Å². The van der Waals surface area contributed by atoms with Gasteiger partial charge >= 0.3 is 0 Å². The van der Waals surface area contributed by atoms with Crippen LogP contribution in [-0.2, 0) is 0 Å². The average molecular weight is 186 g/mol. The van der Waals surface area contributed by atoms with Gasteiger partial charge in [0.15, 0.2) is 10.7 Å². The third-order valence-corrected chi connectivity index (χ3v) is 2.23. The van der Waals surface area contributed by atoms with Gasteiger partial charge in [-0.25, -0.2) is 0 Å². The molecule has 0 fully saturated rings. The number of hydrogen-bond donors (Lipinski definition) is 1. The molecule has 0 bridgehead atoms. The zero-order valence-corrected chi connectivity index (χ0v) is 6.24. The van der Waals surface area contributed by atoms with Gasteiger partial charge in [0, 0.05) is 0 Å². The summed E-state index contributed by atoms with van der Waals surface area (Å²) in [6, 6.07) is 5.20. The van der Waals surface area contributed by atoms with E-state index in [1.54, 1.807) is 0 Å². The maximum Gasteiger partial charge on any atom is 0.179 e. The Bertz CT molecular complexity index is 241. The lowest BCUT2D eigenvalue weighted by Crippen LogP contribution is -1.89. The van der Waals surface area contributed by atoms with E-state index in [4.69, 9.17) is 0 Å². The molecule has 1 rings (SSSR count). The highest BCUT2D eigenvalue weighted by Gasteiger charge is 2.38. The van der Waals surface area contributed by atoms with Crippen molar-refractivity contribution in [2.24, 2.45) is 0 Å². The third kappa shape index (κ3) is 2.11. The Labute approximate surface area is 62.3 Å². The molecule has 0 radical (unpaired) electrons. The summed E-state index contributed by atoms with van der Waals surface area (Å²) in [6.45, 7) is 0. The van der Waals surface area contributed by atoms with Crippen molar-refractivity contribution in [3.63, 3.8) is 0 Å². The predicted octanol–water partition coefficient (Wildman–Crippen LogP) is 3.66. The Morgan fingerprint density at radius 2 is 1.27 bits per heavy atom. The highest BCUT2D eigenvalue weighted by molar-refractivity contribution is 8.33. The second kappa shape index (κ2) is 2.14. The van der Waals surface area contributed by atoms with E-state index in [2.05, 4.69) is 0 Å². The molecule has 0 spiro atoms. The van der Waals surface area contributed by atoms with Crippen LogP contribution < -0.4 is 0 Å². The molecule has 0 nitrogen and oxygen atoms in total. The van der Waals surface area contributed by atoms with Gasteiger partial charge in [0.05, 0.1) is 4.90 Å². The van der Waals surface area contributed by atoms with Crippen LogP contribution in [0.25, 0.3) is 0 Å². The summed E-state index contributed by atoms with van der Waals surface area (Å²) in [7, 11) is -7.49. The van der Waals surface area contributed by atoms with Crippen LogP contribution in [0.1, 0.15) is 0 Å². The molecule has 0 saturated heterocycles. The van der Waals surface area contributed by atoms with Gasteiger partial charge in [0.1, 0.15) is 0 Å². The summed E-state index contributed by atoms with van der Waals surface area (Å²) in [4.78, 5) is -1.15. The molecule has 0 N–H and O–H groups in total. The van der Waals surface area contributed by atoms with E-state index in [0.29, 0.717) is 0 Å². The number of hydrogen-bond acceptors (Lipinski definition) is 0. The molecule has 0 aromatic heterocycles. The molecule has 11 heavy (non-hydrogen) atoms. The fourth-order valence-electron chi connectivity index (χ4n) is 0.653. The summed E-state index contributed by atoms with van der Waals surface area (Å²) >= 11 is 0. The molecule has 0 saturated carbocycles. The van der Waals surface area contributed by atoms with Crippen molar-refractivity contribution in [2.75, 3.05) is 0 Å². The van der Waals surface area contributed by atoms with Gasteiger partial charge < -0.3 is 0 Å². The van der Waals surface area contributed by atoms with Crippen LogP contribution in [0.15, 0.2) is 35.2 Å². The minimum atomic E-state index is -7.49. The van der Waals surface area contributed by atoms with Gasteiger partial charge in [-0.1, -0.05) is 18.2 Å². The van der Waals surface area contributed by atoms with E-state index in [1.165, 1.54) is 6.07 Å². The summed E-state index contributed by atoms with van der Waals surface area (Å²) in [5.41, 5.74) is 0. The first kappa shape index (κ1) is 8.39. The van der Waals surface area contributed by atoms with E-state index >= 15 is 0 Å². The van der Waals surface area contributed by atoms with Crippen LogP contribution in [0.2, 0.25) is 0 Å². The highest BCUT2D eigenvalue weighted by atomic mass is 32.4. The summed E-state index contributed by atoms with van der Waals surface area (Å²) in [5, 5.41) is 0. The van der Waals surface area contributed by atoms with E-state index < -0.39 is 15.6 Å². The van der Waals surface area contributed by atoms with Crippen molar-refractivity contribution in [3.05, 3.63) is 30.3 Å². The van der Waals surface area contributed by atoms with E-state index in [0.717, 1.165) is 24.3 Å². The first-order chi connectivity index (χ1) is 4.86. The molecular formula is C6H6F4S. The molecule has 0 aliphatic carbocycles. The van der Waals surface area contributed by atoms with E-state index in [-0.39, 0.29) is 0 Å². The largest absolute Gasteiger partial charge is 0.179 e. The van der Waals surface area contributed by atoms with Crippen LogP contribution in [-0.4, -0.2) is 0 Å². The standard InChI is InChI=1S/C6H6F4S/c7-11(8,9,10)6-4-2-1-3-5-6/h1-5,11H. The molecule has 0 atom stereocenters. The topological polar surface area (TPSA) is 0 Å². The maximum absolute atomic E-state index is 11.9. The van der Waals surface area contributed by atoms with E-state index in [9.17, 15) is 15.5 Å². The molecule has 0 aliphatic heterocycles. The monoisotopic (exact) mass is 186 g/mol. The van der Waals surface area contributed by atoms with Crippen molar-refractivity contribution < 1.29 is 15.5 Å². The van der Waals surface area contributed by atoms with Crippen LogP contribution in [0.5, 0.6) is 0 Å². The molecule has 0 aliphatic rings. The molecule has 0 amide bonds. The SMILES string of the molecule is F[SH](F)(F)(F)c1ccccc1. The summed E-state index contributed by atoms with van der Waals surface area (Å²) in [6.07, 6.45) is 0. The molecule has 5 heteroatoms. The molecule has 0 heterocycles. The zero-order chi connectivity index (χ0) is 8.56. The minimum absolute atomic E-state index is 0.734. The lowest BCUT2D eigenvalue weighted by atomic mass is 10.4. The number of halogens is 4. The fraction of sp³-hybridized carbons (Fsp3) is 0. The van der Waals surface area contributed by atoms with E-state index in [1.807, 2.05) is 0 Å². The third-order valence-electron chi connectivity index (χ3n) is 1.15. The zero-order valence-electron chi connectivity index (χ0n) is 5.35. The summed E-state index contributed by atoms with van der Waals surface area (Å²) in [5.74, 6) is 0. The Morgan fingerprint density at radius 1 is 0.818 bits per heavy atom. The van der Waals surface area contributed by atoms with Crippen molar-refractivity contribution >= 4 is 10.7 Å². The van der Waals surface area contributed by atoms with Crippen LogP contribution in [0.4, 0.5) is 15.5 Å². The molecule has 64 valence electrons. The van der Waals surface area contributed by atoms with Gasteiger partial charge in [0.2, 0.25) is 0 Å². The first-order valence-corrected chi connectivity index (χ1v) is 4.61. The second-order valence-corrected chi connectivity index (χ2v) is 4.02. The van der Waals surface area contributed by atoms with Gasteiger partial charge in [0.25, 0.3) is 0 Å². The molecule has 0 unspecified atom stereocenters. The normalized spacial score (nSPS) is 15.5. The van der Waals surface area contributed by atoms with Gasteiger partial charge in [-0.05, 0) is 12.1 Å². The Morgan fingerprint density at radius 3 is 1.55 bits per heavy atom.